The van der Waals surface area contributed by atoms with Crippen LogP contribution in [0.4, 0.5) is 5.69 Å². The van der Waals surface area contributed by atoms with Gasteiger partial charge in [0.15, 0.2) is 5.04 Å². The molecule has 0 spiro atoms. The predicted octanol–water partition coefficient (Wildman–Crippen LogP) is 4.10. The lowest BCUT2D eigenvalue weighted by Gasteiger charge is -2.15. The fourth-order valence-corrected chi connectivity index (χ4v) is 3.27. The molecule has 0 saturated carbocycles. The van der Waals surface area contributed by atoms with Crippen molar-refractivity contribution in [3.63, 3.8) is 0 Å². The zero-order valence-corrected chi connectivity index (χ0v) is 14.0. The number of halogens is 1. The summed E-state index contributed by atoms with van der Waals surface area (Å²) in [6, 6.07) is 14.5. The van der Waals surface area contributed by atoms with Crippen molar-refractivity contribution < 1.29 is 9.59 Å². The Labute approximate surface area is 140 Å². The lowest BCUT2D eigenvalue weighted by atomic mass is 10.1. The van der Waals surface area contributed by atoms with Gasteiger partial charge in [-0.05, 0) is 36.4 Å². The zero-order chi connectivity index (χ0) is 15.7. The summed E-state index contributed by atoms with van der Waals surface area (Å²) in [4.78, 5) is 25.1. The molecule has 0 bridgehead atoms. The molecule has 0 radical (unpaired) electrons. The molecular weight excluding hydrogens is 364 g/mol. The van der Waals surface area contributed by atoms with E-state index < -0.39 is 0 Å². The van der Waals surface area contributed by atoms with Crippen LogP contribution in [0.15, 0.2) is 63.0 Å². The van der Waals surface area contributed by atoms with Crippen LogP contribution in [0.3, 0.4) is 0 Å². The fraction of sp³-hybridized carbons (Fsp3) is 0.0625. The highest BCUT2D eigenvalue weighted by Crippen LogP contribution is 2.34. The maximum absolute atomic E-state index is 12.3. The van der Waals surface area contributed by atoms with E-state index in [1.807, 2.05) is 30.3 Å². The molecule has 1 aliphatic heterocycles. The van der Waals surface area contributed by atoms with Crippen LogP contribution in [-0.4, -0.2) is 16.7 Å². The van der Waals surface area contributed by atoms with Crippen LogP contribution in [0.1, 0.15) is 17.3 Å². The van der Waals surface area contributed by atoms with Crippen LogP contribution in [0.25, 0.3) is 0 Å². The standard InChI is InChI=1S/C16H11BrN2O2S/c1-10(20)19(12-8-6-11(17)7-9-12)18-16-15(21)13-4-2-3-5-14(13)22-16/h2-9H,1H3/b18-16+. The Hall–Kier alpha value is -1.92. The third-order valence-electron chi connectivity index (χ3n) is 3.09. The molecule has 3 rings (SSSR count). The Bertz CT molecular complexity index is 787. The van der Waals surface area contributed by atoms with Crippen molar-refractivity contribution in [2.24, 2.45) is 5.10 Å². The van der Waals surface area contributed by atoms with Crippen molar-refractivity contribution in [3.05, 3.63) is 58.6 Å². The van der Waals surface area contributed by atoms with E-state index >= 15 is 0 Å². The molecule has 4 nitrogen and oxygen atoms in total. The molecule has 110 valence electrons. The van der Waals surface area contributed by atoms with Gasteiger partial charge < -0.3 is 0 Å². The molecule has 0 aromatic heterocycles. The molecule has 2 aromatic rings. The maximum atomic E-state index is 12.3. The third kappa shape index (κ3) is 2.84. The Morgan fingerprint density at radius 2 is 1.82 bits per heavy atom. The lowest BCUT2D eigenvalue weighted by Crippen LogP contribution is -2.24. The minimum Gasteiger partial charge on any atom is -0.286 e. The number of hydrogen-bond acceptors (Lipinski definition) is 4. The largest absolute Gasteiger partial charge is 0.286 e. The van der Waals surface area contributed by atoms with Gasteiger partial charge in [0.2, 0.25) is 11.7 Å². The number of hydrogen-bond donors (Lipinski definition) is 0. The van der Waals surface area contributed by atoms with Gasteiger partial charge in [-0.2, -0.15) is 10.1 Å². The average molecular weight is 375 g/mol. The van der Waals surface area contributed by atoms with Crippen LogP contribution in [0.2, 0.25) is 0 Å². The second-order valence-corrected chi connectivity index (χ2v) is 6.59. The van der Waals surface area contributed by atoms with Crippen molar-refractivity contribution >= 4 is 50.1 Å². The van der Waals surface area contributed by atoms with Gasteiger partial charge in [0.25, 0.3) is 0 Å². The van der Waals surface area contributed by atoms with E-state index in [0.717, 1.165) is 9.37 Å². The van der Waals surface area contributed by atoms with E-state index in [9.17, 15) is 9.59 Å². The van der Waals surface area contributed by atoms with Gasteiger partial charge in [-0.15, -0.1) is 0 Å². The molecular formula is C16H11BrN2O2S. The minimum absolute atomic E-state index is 0.149. The Balaban J connectivity index is 1.97. The van der Waals surface area contributed by atoms with E-state index in [2.05, 4.69) is 21.0 Å². The number of hydrazone groups is 1. The van der Waals surface area contributed by atoms with Gasteiger partial charge in [-0.3, -0.25) is 9.59 Å². The first-order valence-electron chi connectivity index (χ1n) is 6.53. The number of anilines is 1. The van der Waals surface area contributed by atoms with Crippen LogP contribution < -0.4 is 5.01 Å². The highest BCUT2D eigenvalue weighted by molar-refractivity contribution is 9.10. The van der Waals surface area contributed by atoms with E-state index in [-0.39, 0.29) is 11.7 Å². The number of amides is 1. The van der Waals surface area contributed by atoms with Crippen LogP contribution in [0, 0.1) is 0 Å². The lowest BCUT2D eigenvalue weighted by molar-refractivity contribution is -0.116. The summed E-state index contributed by atoms with van der Waals surface area (Å²) in [6.45, 7) is 1.42. The zero-order valence-electron chi connectivity index (χ0n) is 11.6. The van der Waals surface area contributed by atoms with Gasteiger partial charge in [0.1, 0.15) is 0 Å². The van der Waals surface area contributed by atoms with E-state index in [1.54, 1.807) is 18.2 Å². The van der Waals surface area contributed by atoms with Crippen LogP contribution in [-0.2, 0) is 4.79 Å². The second kappa shape index (κ2) is 6.06. The Morgan fingerprint density at radius 1 is 1.14 bits per heavy atom. The van der Waals surface area contributed by atoms with Gasteiger partial charge in [-0.25, -0.2) is 0 Å². The topological polar surface area (TPSA) is 49.7 Å². The molecule has 0 aliphatic carbocycles. The summed E-state index contributed by atoms with van der Waals surface area (Å²) < 4.78 is 0.908. The molecule has 0 unspecified atom stereocenters. The minimum atomic E-state index is -0.251. The van der Waals surface area contributed by atoms with Gasteiger partial charge >= 0.3 is 0 Å². The predicted molar refractivity (Wildman–Crippen MR) is 91.4 cm³/mol. The normalized spacial score (nSPS) is 15.0. The first-order chi connectivity index (χ1) is 10.6. The molecule has 0 atom stereocenters. The smallest absolute Gasteiger partial charge is 0.244 e. The number of fused-ring (bicyclic) bond motifs is 1. The Morgan fingerprint density at radius 3 is 2.45 bits per heavy atom. The highest BCUT2D eigenvalue weighted by atomic mass is 79.9. The van der Waals surface area contributed by atoms with Crippen molar-refractivity contribution in [1.29, 1.82) is 0 Å². The summed E-state index contributed by atoms with van der Waals surface area (Å²) in [5.74, 6) is -0.400. The Kier molecular flexibility index (Phi) is 4.13. The monoisotopic (exact) mass is 374 g/mol. The molecule has 1 amide bonds. The van der Waals surface area contributed by atoms with Gasteiger partial charge in [0, 0.05) is 21.9 Å². The number of rotatable bonds is 2. The fourth-order valence-electron chi connectivity index (χ4n) is 2.06. The molecule has 0 N–H and O–H groups in total. The number of benzene rings is 2. The summed E-state index contributed by atoms with van der Waals surface area (Å²) in [5, 5.41) is 5.82. The summed E-state index contributed by atoms with van der Waals surface area (Å²) >= 11 is 4.64. The summed E-state index contributed by atoms with van der Waals surface area (Å²) in [5.41, 5.74) is 1.25. The number of thioether (sulfide) groups is 1. The summed E-state index contributed by atoms with van der Waals surface area (Å²) in [7, 11) is 0. The first kappa shape index (κ1) is 15.0. The first-order valence-corrected chi connectivity index (χ1v) is 8.13. The van der Waals surface area contributed by atoms with Gasteiger partial charge in [-0.1, -0.05) is 39.8 Å². The number of carbonyl (C=O) groups excluding carboxylic acids is 2. The molecule has 2 aromatic carbocycles. The molecule has 0 saturated heterocycles. The molecule has 6 heteroatoms. The third-order valence-corrected chi connectivity index (χ3v) is 4.66. The van der Waals surface area contributed by atoms with Crippen LogP contribution in [0.5, 0.6) is 0 Å². The van der Waals surface area contributed by atoms with E-state index in [4.69, 9.17) is 0 Å². The SMILES string of the molecule is CC(=O)N(/N=C1/Sc2ccccc2C1=O)c1ccc(Br)cc1. The average Bonchev–Trinajstić information content (AvgIpc) is 2.82. The van der Waals surface area contributed by atoms with Crippen molar-refractivity contribution in [3.8, 4) is 0 Å². The number of Topliss-reactive ketones (excluding diaryl/α,β-unsaturated/α-hetero) is 1. The van der Waals surface area contributed by atoms with Crippen molar-refractivity contribution in [2.75, 3.05) is 5.01 Å². The quantitative estimate of drug-likeness (QED) is 0.743. The highest BCUT2D eigenvalue weighted by Gasteiger charge is 2.28. The second-order valence-electron chi connectivity index (χ2n) is 4.64. The van der Waals surface area contributed by atoms with Gasteiger partial charge in [0.05, 0.1) is 5.69 Å². The molecule has 0 fully saturated rings. The van der Waals surface area contributed by atoms with E-state index in [0.29, 0.717) is 16.3 Å². The van der Waals surface area contributed by atoms with E-state index in [1.165, 1.54) is 23.7 Å². The number of carbonyl (C=O) groups is 2. The molecule has 1 heterocycles. The van der Waals surface area contributed by atoms with Crippen molar-refractivity contribution in [1.82, 2.24) is 0 Å². The van der Waals surface area contributed by atoms with Crippen LogP contribution >= 0.6 is 27.7 Å². The number of ketones is 1. The molecule has 1 aliphatic rings. The number of nitrogens with zero attached hydrogens (tertiary/aromatic N) is 2. The summed E-state index contributed by atoms with van der Waals surface area (Å²) in [6.07, 6.45) is 0. The maximum Gasteiger partial charge on any atom is 0.244 e. The van der Waals surface area contributed by atoms with Crippen molar-refractivity contribution in [2.45, 2.75) is 11.8 Å². The molecule has 22 heavy (non-hydrogen) atoms.